The SMILES string of the molecule is CCNC(C)CC(C)N1CC(OC)C(OC)C1. The third kappa shape index (κ3) is 4.21. The van der Waals surface area contributed by atoms with E-state index >= 15 is 0 Å². The number of hydrogen-bond acceptors (Lipinski definition) is 4. The first-order chi connectivity index (χ1) is 8.12. The lowest BCUT2D eigenvalue weighted by Gasteiger charge is -2.26. The molecular weight excluding hydrogens is 216 g/mol. The van der Waals surface area contributed by atoms with Crippen LogP contribution in [-0.2, 0) is 9.47 Å². The molecule has 1 aliphatic rings. The van der Waals surface area contributed by atoms with Crippen molar-refractivity contribution >= 4 is 0 Å². The molecule has 102 valence electrons. The molecule has 0 aliphatic carbocycles. The fraction of sp³-hybridized carbons (Fsp3) is 1.00. The molecule has 0 aromatic heterocycles. The molecule has 0 amide bonds. The Morgan fingerprint density at radius 1 is 1.18 bits per heavy atom. The van der Waals surface area contributed by atoms with Crippen molar-refractivity contribution in [2.45, 2.75) is 51.5 Å². The third-order valence-corrected chi connectivity index (χ3v) is 3.72. The highest BCUT2D eigenvalue weighted by molar-refractivity contribution is 4.89. The highest BCUT2D eigenvalue weighted by Crippen LogP contribution is 2.20. The van der Waals surface area contributed by atoms with Crippen LogP contribution in [0.3, 0.4) is 0 Å². The minimum atomic E-state index is 0.219. The number of ether oxygens (including phenoxy) is 2. The van der Waals surface area contributed by atoms with Crippen LogP contribution in [0, 0.1) is 0 Å². The smallest absolute Gasteiger partial charge is 0.0971 e. The Balaban J connectivity index is 2.40. The van der Waals surface area contributed by atoms with E-state index in [0.717, 1.165) is 19.6 Å². The first kappa shape index (κ1) is 14.9. The van der Waals surface area contributed by atoms with Gasteiger partial charge in [0.25, 0.3) is 0 Å². The maximum Gasteiger partial charge on any atom is 0.0971 e. The Bertz CT molecular complexity index is 202. The van der Waals surface area contributed by atoms with Gasteiger partial charge in [0.2, 0.25) is 0 Å². The van der Waals surface area contributed by atoms with E-state index in [-0.39, 0.29) is 12.2 Å². The molecular formula is C13H28N2O2. The zero-order valence-corrected chi connectivity index (χ0v) is 11.9. The van der Waals surface area contributed by atoms with Gasteiger partial charge in [0.05, 0.1) is 12.2 Å². The second-order valence-electron chi connectivity index (χ2n) is 5.05. The van der Waals surface area contributed by atoms with Crippen molar-refractivity contribution in [2.24, 2.45) is 0 Å². The van der Waals surface area contributed by atoms with Gasteiger partial charge in [-0.15, -0.1) is 0 Å². The van der Waals surface area contributed by atoms with Crippen molar-refractivity contribution in [3.8, 4) is 0 Å². The normalized spacial score (nSPS) is 29.5. The van der Waals surface area contributed by atoms with Crippen molar-refractivity contribution in [1.82, 2.24) is 10.2 Å². The summed E-state index contributed by atoms with van der Waals surface area (Å²) in [7, 11) is 3.54. The van der Waals surface area contributed by atoms with Crippen LogP contribution < -0.4 is 5.32 Å². The Labute approximate surface area is 106 Å². The van der Waals surface area contributed by atoms with E-state index in [1.165, 1.54) is 6.42 Å². The highest BCUT2D eigenvalue weighted by Gasteiger charge is 2.35. The largest absolute Gasteiger partial charge is 0.377 e. The molecule has 1 fully saturated rings. The molecule has 4 nitrogen and oxygen atoms in total. The second-order valence-corrected chi connectivity index (χ2v) is 5.05. The number of nitrogens with zero attached hydrogens (tertiary/aromatic N) is 1. The van der Waals surface area contributed by atoms with Gasteiger partial charge in [-0.1, -0.05) is 6.92 Å². The standard InChI is InChI=1S/C13H28N2O2/c1-6-14-10(2)7-11(3)15-8-12(16-4)13(9-15)17-5/h10-14H,6-9H2,1-5H3. The van der Waals surface area contributed by atoms with Crippen molar-refractivity contribution in [1.29, 1.82) is 0 Å². The van der Waals surface area contributed by atoms with Gasteiger partial charge in [-0.25, -0.2) is 0 Å². The lowest BCUT2D eigenvalue weighted by atomic mass is 10.1. The average molecular weight is 244 g/mol. The first-order valence-electron chi connectivity index (χ1n) is 6.65. The summed E-state index contributed by atoms with van der Waals surface area (Å²) in [5, 5.41) is 3.46. The molecule has 0 spiro atoms. The van der Waals surface area contributed by atoms with Crippen LogP contribution in [0.25, 0.3) is 0 Å². The van der Waals surface area contributed by atoms with Gasteiger partial charge >= 0.3 is 0 Å². The van der Waals surface area contributed by atoms with E-state index in [1.807, 2.05) is 0 Å². The molecule has 1 heterocycles. The minimum absolute atomic E-state index is 0.219. The van der Waals surface area contributed by atoms with Gasteiger partial charge in [-0.3, -0.25) is 4.90 Å². The van der Waals surface area contributed by atoms with E-state index in [1.54, 1.807) is 14.2 Å². The van der Waals surface area contributed by atoms with Gasteiger partial charge in [0, 0.05) is 39.4 Å². The van der Waals surface area contributed by atoms with E-state index in [0.29, 0.717) is 12.1 Å². The summed E-state index contributed by atoms with van der Waals surface area (Å²) < 4.78 is 10.9. The monoisotopic (exact) mass is 244 g/mol. The quantitative estimate of drug-likeness (QED) is 0.727. The Kier molecular flexibility index (Phi) is 6.41. The molecule has 4 heteroatoms. The van der Waals surface area contributed by atoms with Crippen molar-refractivity contribution in [3.05, 3.63) is 0 Å². The van der Waals surface area contributed by atoms with E-state index in [2.05, 4.69) is 31.0 Å². The van der Waals surface area contributed by atoms with E-state index < -0.39 is 0 Å². The Morgan fingerprint density at radius 3 is 2.12 bits per heavy atom. The molecule has 0 saturated carbocycles. The molecule has 17 heavy (non-hydrogen) atoms. The summed E-state index contributed by atoms with van der Waals surface area (Å²) >= 11 is 0. The van der Waals surface area contributed by atoms with Gasteiger partial charge in [-0.05, 0) is 26.8 Å². The van der Waals surface area contributed by atoms with Crippen LogP contribution in [0.5, 0.6) is 0 Å². The molecule has 4 unspecified atom stereocenters. The lowest BCUT2D eigenvalue weighted by Crippen LogP contribution is -2.38. The predicted octanol–water partition coefficient (Wildman–Crippen LogP) is 1.11. The maximum atomic E-state index is 5.47. The fourth-order valence-corrected chi connectivity index (χ4v) is 2.68. The van der Waals surface area contributed by atoms with Gasteiger partial charge in [0.1, 0.15) is 0 Å². The number of hydrogen-bond donors (Lipinski definition) is 1. The molecule has 4 atom stereocenters. The third-order valence-electron chi connectivity index (χ3n) is 3.72. The molecule has 0 aromatic carbocycles. The Morgan fingerprint density at radius 2 is 1.71 bits per heavy atom. The summed E-state index contributed by atoms with van der Waals surface area (Å²) in [6.45, 7) is 9.69. The van der Waals surface area contributed by atoms with E-state index in [9.17, 15) is 0 Å². The maximum absolute atomic E-state index is 5.47. The van der Waals surface area contributed by atoms with Crippen LogP contribution in [0.2, 0.25) is 0 Å². The zero-order valence-electron chi connectivity index (χ0n) is 11.9. The molecule has 1 N–H and O–H groups in total. The molecule has 0 bridgehead atoms. The van der Waals surface area contributed by atoms with Crippen molar-refractivity contribution in [3.63, 3.8) is 0 Å². The van der Waals surface area contributed by atoms with Crippen LogP contribution in [-0.4, -0.2) is 63.0 Å². The number of nitrogens with one attached hydrogen (secondary N) is 1. The van der Waals surface area contributed by atoms with E-state index in [4.69, 9.17) is 9.47 Å². The van der Waals surface area contributed by atoms with Crippen molar-refractivity contribution < 1.29 is 9.47 Å². The summed E-state index contributed by atoms with van der Waals surface area (Å²) in [6, 6.07) is 1.14. The summed E-state index contributed by atoms with van der Waals surface area (Å²) in [5.74, 6) is 0. The van der Waals surface area contributed by atoms with Crippen LogP contribution in [0.1, 0.15) is 27.2 Å². The summed E-state index contributed by atoms with van der Waals surface area (Å²) in [5.41, 5.74) is 0. The average Bonchev–Trinajstić information content (AvgIpc) is 2.72. The zero-order chi connectivity index (χ0) is 12.8. The molecule has 0 aromatic rings. The first-order valence-corrected chi connectivity index (χ1v) is 6.65. The van der Waals surface area contributed by atoms with Crippen LogP contribution in [0.15, 0.2) is 0 Å². The van der Waals surface area contributed by atoms with Gasteiger partial charge < -0.3 is 14.8 Å². The lowest BCUT2D eigenvalue weighted by molar-refractivity contribution is -0.00461. The summed E-state index contributed by atoms with van der Waals surface area (Å²) in [6.07, 6.45) is 1.61. The highest BCUT2D eigenvalue weighted by atomic mass is 16.5. The minimum Gasteiger partial charge on any atom is -0.377 e. The second kappa shape index (κ2) is 7.31. The molecule has 0 radical (unpaired) electrons. The topological polar surface area (TPSA) is 33.7 Å². The number of methoxy groups -OCH3 is 2. The van der Waals surface area contributed by atoms with Crippen molar-refractivity contribution in [2.75, 3.05) is 33.9 Å². The molecule has 1 aliphatic heterocycles. The molecule has 1 saturated heterocycles. The van der Waals surface area contributed by atoms with Crippen LogP contribution in [0.4, 0.5) is 0 Å². The summed E-state index contributed by atoms with van der Waals surface area (Å²) in [4.78, 5) is 2.47. The van der Waals surface area contributed by atoms with Gasteiger partial charge in [0.15, 0.2) is 0 Å². The Hall–Kier alpha value is -0.160. The molecule has 1 rings (SSSR count). The predicted molar refractivity (Wildman–Crippen MR) is 70.4 cm³/mol. The van der Waals surface area contributed by atoms with Gasteiger partial charge in [-0.2, -0.15) is 0 Å². The van der Waals surface area contributed by atoms with Crippen LogP contribution >= 0.6 is 0 Å². The fourth-order valence-electron chi connectivity index (χ4n) is 2.68. The number of likely N-dealkylation sites (tertiary alicyclic amines) is 1. The number of rotatable bonds is 7.